The summed E-state index contributed by atoms with van der Waals surface area (Å²) in [7, 11) is 0. The van der Waals surface area contributed by atoms with Crippen molar-refractivity contribution in [2.45, 2.75) is 0 Å². The Hall–Kier alpha value is -2.76. The molecule has 0 unspecified atom stereocenters. The van der Waals surface area contributed by atoms with Crippen LogP contribution in [0.15, 0.2) is 36.7 Å². The number of aromatic nitrogens is 2. The smallest absolute Gasteiger partial charge is 0.337 e. The van der Waals surface area contributed by atoms with Crippen molar-refractivity contribution in [2.24, 2.45) is 0 Å². The van der Waals surface area contributed by atoms with Gasteiger partial charge in [-0.1, -0.05) is 0 Å². The zero-order chi connectivity index (χ0) is 13.1. The maximum absolute atomic E-state index is 11.0. The first-order valence-electron chi connectivity index (χ1n) is 4.97. The maximum atomic E-state index is 11.0. The molecule has 90 valence electrons. The minimum absolute atomic E-state index is 0.0208. The summed E-state index contributed by atoms with van der Waals surface area (Å²) in [6.07, 6.45) is 2.73. The monoisotopic (exact) mass is 244 g/mol. The molecule has 0 aliphatic heterocycles. The van der Waals surface area contributed by atoms with Gasteiger partial charge in [0.25, 0.3) is 0 Å². The van der Waals surface area contributed by atoms with Gasteiger partial charge in [0.2, 0.25) is 0 Å². The van der Waals surface area contributed by atoms with Crippen LogP contribution in [0, 0.1) is 0 Å². The van der Waals surface area contributed by atoms with E-state index in [1.54, 1.807) is 0 Å². The summed E-state index contributed by atoms with van der Waals surface area (Å²) in [6.45, 7) is 0. The molecule has 6 nitrogen and oxygen atoms in total. The fraction of sp³-hybridized carbons (Fsp3) is 0. The summed E-state index contributed by atoms with van der Waals surface area (Å²) in [5.74, 6) is -2.24. The summed E-state index contributed by atoms with van der Waals surface area (Å²) in [4.78, 5) is 29.7. The Labute approximate surface area is 102 Å². The maximum Gasteiger partial charge on any atom is 0.337 e. The van der Waals surface area contributed by atoms with Crippen molar-refractivity contribution in [3.05, 3.63) is 47.8 Å². The number of carboxylic acids is 2. The van der Waals surface area contributed by atoms with Crippen LogP contribution in [0.1, 0.15) is 20.7 Å². The number of carboxylic acid groups (broad SMARTS) is 2. The lowest BCUT2D eigenvalue weighted by molar-refractivity contribution is 0.0687. The lowest BCUT2D eigenvalue weighted by atomic mass is 10.1. The van der Waals surface area contributed by atoms with Crippen molar-refractivity contribution in [3.8, 4) is 11.4 Å². The molecule has 0 aromatic carbocycles. The number of carbonyl (C=O) groups is 2. The molecule has 2 aromatic heterocycles. The topological polar surface area (TPSA) is 100 Å². The van der Waals surface area contributed by atoms with E-state index in [0.29, 0.717) is 0 Å². The van der Waals surface area contributed by atoms with Crippen LogP contribution in [-0.4, -0.2) is 32.1 Å². The van der Waals surface area contributed by atoms with E-state index >= 15 is 0 Å². The Balaban J connectivity index is 2.58. The Morgan fingerprint density at radius 3 is 2.44 bits per heavy atom. The average Bonchev–Trinajstić information content (AvgIpc) is 2.39. The number of aromatic carboxylic acids is 2. The Morgan fingerprint density at radius 1 is 1.00 bits per heavy atom. The van der Waals surface area contributed by atoms with Gasteiger partial charge in [-0.05, 0) is 24.3 Å². The minimum atomic E-state index is -1.14. The van der Waals surface area contributed by atoms with Crippen molar-refractivity contribution in [2.75, 3.05) is 0 Å². The molecule has 0 atom stereocenters. The van der Waals surface area contributed by atoms with Crippen molar-refractivity contribution in [3.63, 3.8) is 0 Å². The predicted molar refractivity (Wildman–Crippen MR) is 61.4 cm³/mol. The van der Waals surface area contributed by atoms with Gasteiger partial charge in [-0.15, -0.1) is 0 Å². The van der Waals surface area contributed by atoms with Crippen LogP contribution in [0.3, 0.4) is 0 Å². The van der Waals surface area contributed by atoms with E-state index in [0.717, 1.165) is 0 Å². The summed E-state index contributed by atoms with van der Waals surface area (Å²) in [5, 5.41) is 17.9. The van der Waals surface area contributed by atoms with Gasteiger partial charge in [0.1, 0.15) is 5.69 Å². The third-order valence-corrected chi connectivity index (χ3v) is 2.29. The van der Waals surface area contributed by atoms with Crippen LogP contribution in [0.25, 0.3) is 11.4 Å². The third-order valence-electron chi connectivity index (χ3n) is 2.29. The van der Waals surface area contributed by atoms with Gasteiger partial charge in [-0.25, -0.2) is 9.59 Å². The fourth-order valence-electron chi connectivity index (χ4n) is 1.48. The Kier molecular flexibility index (Phi) is 3.01. The van der Waals surface area contributed by atoms with Crippen molar-refractivity contribution in [1.82, 2.24) is 9.97 Å². The van der Waals surface area contributed by atoms with Crippen molar-refractivity contribution < 1.29 is 19.8 Å². The first kappa shape index (κ1) is 11.7. The van der Waals surface area contributed by atoms with E-state index in [9.17, 15) is 9.59 Å². The zero-order valence-electron chi connectivity index (χ0n) is 9.07. The summed E-state index contributed by atoms with van der Waals surface area (Å²) in [6, 6.07) is 5.50. The second kappa shape index (κ2) is 4.62. The summed E-state index contributed by atoms with van der Waals surface area (Å²) >= 11 is 0. The van der Waals surface area contributed by atoms with E-state index < -0.39 is 11.9 Å². The molecule has 18 heavy (non-hydrogen) atoms. The molecule has 0 bridgehead atoms. The normalized spacial score (nSPS) is 10.0. The highest BCUT2D eigenvalue weighted by Crippen LogP contribution is 2.19. The molecule has 2 rings (SSSR count). The standard InChI is InChI=1S/C12H8N2O4/c15-11(16)7-3-5-13-9(6-7)10-8(12(17)18)2-1-4-14-10/h1-6H,(H,15,16)(H,17,18). The number of nitrogens with zero attached hydrogens (tertiary/aromatic N) is 2. The second-order valence-electron chi connectivity index (χ2n) is 3.44. The Bertz CT molecular complexity index is 625. The van der Waals surface area contributed by atoms with Crippen LogP contribution in [0.2, 0.25) is 0 Å². The minimum Gasteiger partial charge on any atom is -0.478 e. The molecule has 2 heterocycles. The third kappa shape index (κ3) is 2.17. The predicted octanol–water partition coefficient (Wildman–Crippen LogP) is 1.54. The number of hydrogen-bond acceptors (Lipinski definition) is 4. The molecule has 2 aromatic rings. The number of rotatable bonds is 3. The van der Waals surface area contributed by atoms with Crippen LogP contribution >= 0.6 is 0 Å². The van der Waals surface area contributed by atoms with Crippen LogP contribution < -0.4 is 0 Å². The molecule has 0 fully saturated rings. The first-order valence-corrected chi connectivity index (χ1v) is 4.97. The lowest BCUT2D eigenvalue weighted by Crippen LogP contribution is -2.03. The quantitative estimate of drug-likeness (QED) is 0.849. The largest absolute Gasteiger partial charge is 0.478 e. The fourth-order valence-corrected chi connectivity index (χ4v) is 1.48. The molecular weight excluding hydrogens is 236 g/mol. The number of hydrogen-bond donors (Lipinski definition) is 2. The molecule has 6 heteroatoms. The van der Waals surface area contributed by atoms with Gasteiger partial charge in [0, 0.05) is 12.4 Å². The molecular formula is C12H8N2O4. The van der Waals surface area contributed by atoms with Gasteiger partial charge in [0.05, 0.1) is 16.8 Å². The highest BCUT2D eigenvalue weighted by Gasteiger charge is 2.14. The highest BCUT2D eigenvalue weighted by atomic mass is 16.4. The molecule has 0 saturated heterocycles. The molecule has 0 amide bonds. The van der Waals surface area contributed by atoms with Gasteiger partial charge < -0.3 is 10.2 Å². The van der Waals surface area contributed by atoms with Gasteiger partial charge in [0.15, 0.2) is 0 Å². The van der Waals surface area contributed by atoms with Gasteiger partial charge >= 0.3 is 11.9 Å². The summed E-state index contributed by atoms with van der Waals surface area (Å²) in [5.41, 5.74) is 0.371. The van der Waals surface area contributed by atoms with Crippen molar-refractivity contribution >= 4 is 11.9 Å². The van der Waals surface area contributed by atoms with Gasteiger partial charge in [-0.3, -0.25) is 9.97 Å². The highest BCUT2D eigenvalue weighted by molar-refractivity contribution is 5.95. The lowest BCUT2D eigenvalue weighted by Gasteiger charge is -2.04. The van der Waals surface area contributed by atoms with E-state index in [1.165, 1.54) is 36.7 Å². The Morgan fingerprint density at radius 2 is 1.78 bits per heavy atom. The summed E-state index contributed by atoms with van der Waals surface area (Å²) < 4.78 is 0. The zero-order valence-corrected chi connectivity index (χ0v) is 9.07. The second-order valence-corrected chi connectivity index (χ2v) is 3.44. The average molecular weight is 244 g/mol. The molecule has 2 N–H and O–H groups in total. The van der Waals surface area contributed by atoms with Crippen LogP contribution in [0.5, 0.6) is 0 Å². The molecule has 0 saturated carbocycles. The van der Waals surface area contributed by atoms with E-state index in [2.05, 4.69) is 9.97 Å². The van der Waals surface area contributed by atoms with Crippen molar-refractivity contribution in [1.29, 1.82) is 0 Å². The SMILES string of the molecule is O=C(O)c1ccnc(-c2ncccc2C(=O)O)c1. The first-order chi connectivity index (χ1) is 8.59. The molecule has 0 radical (unpaired) electrons. The van der Waals surface area contributed by atoms with Crippen LogP contribution in [-0.2, 0) is 0 Å². The van der Waals surface area contributed by atoms with Gasteiger partial charge in [-0.2, -0.15) is 0 Å². The molecule has 0 spiro atoms. The van der Waals surface area contributed by atoms with E-state index in [1.807, 2.05) is 0 Å². The van der Waals surface area contributed by atoms with E-state index in [-0.39, 0.29) is 22.5 Å². The number of pyridine rings is 2. The van der Waals surface area contributed by atoms with E-state index in [4.69, 9.17) is 10.2 Å². The molecule has 0 aliphatic rings. The van der Waals surface area contributed by atoms with Crippen LogP contribution in [0.4, 0.5) is 0 Å². The molecule has 0 aliphatic carbocycles.